The summed E-state index contributed by atoms with van der Waals surface area (Å²) in [6.07, 6.45) is 2.49. The molecule has 0 spiro atoms. The van der Waals surface area contributed by atoms with Crippen molar-refractivity contribution in [3.8, 4) is 5.75 Å². The Balaban J connectivity index is 1.53. The van der Waals surface area contributed by atoms with Crippen molar-refractivity contribution in [3.63, 3.8) is 0 Å². The molecule has 6 nitrogen and oxygen atoms in total. The maximum Gasteiger partial charge on any atom is 0.335 e. The Morgan fingerprint density at radius 2 is 1.45 bits per heavy atom. The van der Waals surface area contributed by atoms with Crippen molar-refractivity contribution in [2.24, 2.45) is 10.8 Å². The number of benzene rings is 2. The maximum atomic E-state index is 13.7. The van der Waals surface area contributed by atoms with E-state index in [0.717, 1.165) is 46.5 Å². The molecule has 2 aliphatic carbocycles. The molecule has 5 rings (SSSR count). The van der Waals surface area contributed by atoms with E-state index < -0.39 is 11.9 Å². The molecule has 0 radical (unpaired) electrons. The molecule has 1 heterocycles. The van der Waals surface area contributed by atoms with Crippen molar-refractivity contribution < 1.29 is 24.2 Å². The minimum Gasteiger partial charge on any atom is -0.489 e. The average Bonchev–Trinajstić information content (AvgIpc) is 2.83. The molecule has 0 amide bonds. The molecule has 0 bridgehead atoms. The van der Waals surface area contributed by atoms with E-state index in [2.05, 4.69) is 32.6 Å². The van der Waals surface area contributed by atoms with Crippen LogP contribution in [-0.4, -0.2) is 34.6 Å². The first-order valence-corrected chi connectivity index (χ1v) is 13.2. The van der Waals surface area contributed by atoms with Gasteiger partial charge in [0.15, 0.2) is 11.6 Å². The number of aromatic carboxylic acids is 1. The molecule has 0 atom stereocenters. The third-order valence-electron chi connectivity index (χ3n) is 7.98. The van der Waals surface area contributed by atoms with Crippen LogP contribution in [0.1, 0.15) is 80.8 Å². The highest BCUT2D eigenvalue weighted by atomic mass is 16.5. The first kappa shape index (κ1) is 26.0. The number of allylic oxidation sites excluding steroid dienone is 4. The predicted molar refractivity (Wildman–Crippen MR) is 145 cm³/mol. The smallest absolute Gasteiger partial charge is 0.335 e. The molecule has 2 aromatic carbocycles. The van der Waals surface area contributed by atoms with Gasteiger partial charge in [-0.25, -0.2) is 4.79 Å². The van der Waals surface area contributed by atoms with E-state index in [9.17, 15) is 14.4 Å². The van der Waals surface area contributed by atoms with E-state index >= 15 is 0 Å². The van der Waals surface area contributed by atoms with Gasteiger partial charge in [0.25, 0.3) is 0 Å². The van der Waals surface area contributed by atoms with Gasteiger partial charge in [-0.15, -0.1) is 0 Å². The summed E-state index contributed by atoms with van der Waals surface area (Å²) in [4.78, 5) is 40.6. The first-order valence-electron chi connectivity index (χ1n) is 13.2. The molecule has 198 valence electrons. The molecular weight excluding hydrogens is 478 g/mol. The number of hydrogen-bond acceptors (Lipinski definition) is 5. The second kappa shape index (κ2) is 9.26. The standard InChI is InChI=1S/C32H35NO5/c1-31(2)14-23-28(25(34)16-31)27(29-24(33(23)5)15-32(3,4)17-26(29)35)21-7-6-8-22(13-21)38-18-19-9-11-20(12-10-19)30(36)37/h6-13,27H,14-18H2,1-5H3,(H,36,37). The van der Waals surface area contributed by atoms with Gasteiger partial charge in [0, 0.05) is 48.3 Å². The van der Waals surface area contributed by atoms with Gasteiger partial charge in [0.1, 0.15) is 12.4 Å². The van der Waals surface area contributed by atoms with Gasteiger partial charge < -0.3 is 14.7 Å². The number of nitrogens with zero attached hydrogens (tertiary/aromatic N) is 1. The molecule has 1 aliphatic heterocycles. The summed E-state index contributed by atoms with van der Waals surface area (Å²) in [7, 11) is 2.01. The van der Waals surface area contributed by atoms with Gasteiger partial charge in [0.2, 0.25) is 0 Å². The Hall–Kier alpha value is -3.67. The quantitative estimate of drug-likeness (QED) is 0.507. The Labute approximate surface area is 224 Å². The summed E-state index contributed by atoms with van der Waals surface area (Å²) >= 11 is 0. The van der Waals surface area contributed by atoms with Crippen molar-refractivity contribution in [2.45, 2.75) is 65.9 Å². The number of carboxylic acids is 1. The van der Waals surface area contributed by atoms with Gasteiger partial charge in [-0.3, -0.25) is 9.59 Å². The number of carboxylic acid groups (broad SMARTS) is 1. The van der Waals surface area contributed by atoms with Crippen molar-refractivity contribution in [1.82, 2.24) is 4.90 Å². The number of Topliss-reactive ketones (excluding diaryl/α,β-unsaturated/α-hetero) is 2. The van der Waals surface area contributed by atoms with Gasteiger partial charge in [-0.2, -0.15) is 0 Å². The summed E-state index contributed by atoms with van der Waals surface area (Å²) in [6.45, 7) is 8.81. The SMILES string of the molecule is CN1C2=C(C(=O)CC(C)(C)C2)C(c2cccc(OCc3ccc(C(=O)O)cc3)c2)C2=C1CC(C)(C)CC2=O. The van der Waals surface area contributed by atoms with E-state index in [1.54, 1.807) is 24.3 Å². The molecule has 0 fully saturated rings. The predicted octanol–water partition coefficient (Wildman–Crippen LogP) is 6.28. The minimum atomic E-state index is -0.966. The van der Waals surface area contributed by atoms with Gasteiger partial charge in [-0.1, -0.05) is 52.0 Å². The second-order valence-electron chi connectivity index (χ2n) is 12.5. The summed E-state index contributed by atoms with van der Waals surface area (Å²) in [5.41, 5.74) is 5.26. The lowest BCUT2D eigenvalue weighted by Crippen LogP contribution is -2.43. The van der Waals surface area contributed by atoms with Gasteiger partial charge in [0.05, 0.1) is 5.56 Å². The van der Waals surface area contributed by atoms with Crippen LogP contribution in [0.2, 0.25) is 0 Å². The third-order valence-corrected chi connectivity index (χ3v) is 7.98. The normalized spacial score (nSPS) is 20.8. The van der Waals surface area contributed by atoms with Crippen molar-refractivity contribution in [1.29, 1.82) is 0 Å². The summed E-state index contributed by atoms with van der Waals surface area (Å²) in [5, 5.41) is 9.12. The summed E-state index contributed by atoms with van der Waals surface area (Å²) in [5.74, 6) is -0.502. The topological polar surface area (TPSA) is 83.9 Å². The number of ketones is 2. The maximum absolute atomic E-state index is 13.7. The van der Waals surface area contributed by atoms with Crippen LogP contribution in [0.15, 0.2) is 71.1 Å². The third kappa shape index (κ3) is 4.80. The zero-order valence-electron chi connectivity index (χ0n) is 22.8. The Bertz CT molecular complexity index is 1340. The molecule has 6 heteroatoms. The number of ether oxygens (including phenoxy) is 1. The van der Waals surface area contributed by atoms with Crippen molar-refractivity contribution >= 4 is 17.5 Å². The second-order valence-corrected chi connectivity index (χ2v) is 12.5. The van der Waals surface area contributed by atoms with Crippen molar-refractivity contribution in [2.75, 3.05) is 7.05 Å². The van der Waals surface area contributed by atoms with Crippen LogP contribution >= 0.6 is 0 Å². The summed E-state index contributed by atoms with van der Waals surface area (Å²) < 4.78 is 6.08. The van der Waals surface area contributed by atoms with Crippen LogP contribution in [-0.2, 0) is 16.2 Å². The fourth-order valence-corrected chi connectivity index (χ4v) is 6.19. The van der Waals surface area contributed by atoms with Crippen LogP contribution in [0.5, 0.6) is 5.75 Å². The highest BCUT2D eigenvalue weighted by Crippen LogP contribution is 2.54. The molecule has 0 unspecified atom stereocenters. The molecule has 0 saturated carbocycles. The van der Waals surface area contributed by atoms with Gasteiger partial charge in [-0.05, 0) is 59.1 Å². The Kier molecular flexibility index (Phi) is 6.33. The fraction of sp³-hybridized carbons (Fsp3) is 0.406. The molecule has 0 aromatic heterocycles. The highest BCUT2D eigenvalue weighted by Gasteiger charge is 2.48. The number of carbonyl (C=O) groups excluding carboxylic acids is 2. The van der Waals surface area contributed by atoms with Gasteiger partial charge >= 0.3 is 5.97 Å². The lowest BCUT2D eigenvalue weighted by Gasteiger charge is -2.47. The Morgan fingerprint density at radius 3 is 1.97 bits per heavy atom. The number of hydrogen-bond donors (Lipinski definition) is 1. The molecule has 0 saturated heterocycles. The molecule has 3 aliphatic rings. The van der Waals surface area contributed by atoms with Crippen molar-refractivity contribution in [3.05, 3.63) is 87.8 Å². The largest absolute Gasteiger partial charge is 0.489 e. The van der Waals surface area contributed by atoms with Crippen LogP contribution < -0.4 is 4.74 Å². The van der Waals surface area contributed by atoms with E-state index in [1.165, 1.54) is 0 Å². The highest BCUT2D eigenvalue weighted by molar-refractivity contribution is 6.06. The van der Waals surface area contributed by atoms with E-state index in [-0.39, 0.29) is 34.6 Å². The fourth-order valence-electron chi connectivity index (χ4n) is 6.19. The monoisotopic (exact) mass is 513 g/mol. The van der Waals surface area contributed by atoms with Crippen LogP contribution in [0.4, 0.5) is 0 Å². The molecule has 2 aromatic rings. The molecule has 1 N–H and O–H groups in total. The molecular formula is C32H35NO5. The summed E-state index contributed by atoms with van der Waals surface area (Å²) in [6, 6.07) is 14.3. The number of rotatable bonds is 5. The zero-order chi connectivity index (χ0) is 27.4. The molecule has 38 heavy (non-hydrogen) atoms. The first-order chi connectivity index (χ1) is 17.8. The minimum absolute atomic E-state index is 0.113. The zero-order valence-corrected chi connectivity index (χ0v) is 22.8. The average molecular weight is 514 g/mol. The van der Waals surface area contributed by atoms with Crippen LogP contribution in [0.3, 0.4) is 0 Å². The van der Waals surface area contributed by atoms with E-state index in [0.29, 0.717) is 18.6 Å². The Morgan fingerprint density at radius 1 is 0.895 bits per heavy atom. The van der Waals surface area contributed by atoms with Crippen LogP contribution in [0.25, 0.3) is 0 Å². The lowest BCUT2D eigenvalue weighted by molar-refractivity contribution is -0.119. The lowest BCUT2D eigenvalue weighted by atomic mass is 9.64. The van der Waals surface area contributed by atoms with Crippen LogP contribution in [0, 0.1) is 10.8 Å². The van der Waals surface area contributed by atoms with E-state index in [4.69, 9.17) is 9.84 Å². The van der Waals surface area contributed by atoms with E-state index in [1.807, 2.05) is 31.3 Å². The number of carbonyl (C=O) groups is 3.